The van der Waals surface area contributed by atoms with Crippen molar-refractivity contribution >= 4 is 5.91 Å². The zero-order valence-electron chi connectivity index (χ0n) is 15.5. The Morgan fingerprint density at radius 3 is 2.73 bits per heavy atom. The molecule has 0 spiro atoms. The maximum absolute atomic E-state index is 12.5. The molecule has 2 aromatic rings. The van der Waals surface area contributed by atoms with Gasteiger partial charge in [-0.1, -0.05) is 36.8 Å². The number of amides is 1. The minimum absolute atomic E-state index is 0.144. The summed E-state index contributed by atoms with van der Waals surface area (Å²) in [6.45, 7) is 6.74. The minimum Gasteiger partial charge on any atom is -0.486 e. The standard InChI is InChI=1S/C21H25NO4/c1-4-17(26-18-10-9-14(2)11-15(18)3)21(23)22-12-16-13-24-19-7-5-6-8-20(19)25-16/h5-11,16-17H,4,12-13H2,1-3H3,(H,22,23). The molecule has 1 aliphatic rings. The fourth-order valence-corrected chi connectivity index (χ4v) is 2.90. The number of para-hydroxylation sites is 2. The molecule has 3 rings (SSSR count). The average molecular weight is 355 g/mol. The van der Waals surface area contributed by atoms with Crippen LogP contribution < -0.4 is 19.5 Å². The van der Waals surface area contributed by atoms with E-state index in [2.05, 4.69) is 5.32 Å². The number of benzene rings is 2. The first-order valence-corrected chi connectivity index (χ1v) is 8.97. The lowest BCUT2D eigenvalue weighted by Crippen LogP contribution is -2.45. The fourth-order valence-electron chi connectivity index (χ4n) is 2.90. The van der Waals surface area contributed by atoms with Crippen molar-refractivity contribution in [1.82, 2.24) is 5.32 Å². The Kier molecular flexibility index (Phi) is 5.66. The molecule has 26 heavy (non-hydrogen) atoms. The van der Waals surface area contributed by atoms with Gasteiger partial charge in [0.25, 0.3) is 5.91 Å². The molecule has 5 heteroatoms. The maximum atomic E-state index is 12.5. The highest BCUT2D eigenvalue weighted by Crippen LogP contribution is 2.30. The lowest BCUT2D eigenvalue weighted by Gasteiger charge is -2.27. The smallest absolute Gasteiger partial charge is 0.261 e. The van der Waals surface area contributed by atoms with E-state index in [1.807, 2.05) is 63.2 Å². The van der Waals surface area contributed by atoms with Crippen LogP contribution in [0.2, 0.25) is 0 Å². The molecule has 138 valence electrons. The molecule has 1 amide bonds. The summed E-state index contributed by atoms with van der Waals surface area (Å²) in [6.07, 6.45) is -0.162. The van der Waals surface area contributed by atoms with Crippen molar-refractivity contribution in [3.8, 4) is 17.2 Å². The van der Waals surface area contributed by atoms with Crippen LogP contribution in [0.15, 0.2) is 42.5 Å². The first-order valence-electron chi connectivity index (χ1n) is 8.97. The molecule has 0 radical (unpaired) electrons. The van der Waals surface area contributed by atoms with Crippen LogP contribution in [0.5, 0.6) is 17.2 Å². The van der Waals surface area contributed by atoms with Crippen LogP contribution in [-0.4, -0.2) is 31.3 Å². The first kappa shape index (κ1) is 18.1. The van der Waals surface area contributed by atoms with E-state index in [0.29, 0.717) is 25.3 Å². The van der Waals surface area contributed by atoms with Gasteiger partial charge in [0.2, 0.25) is 0 Å². The van der Waals surface area contributed by atoms with Crippen LogP contribution in [0.4, 0.5) is 0 Å². The molecule has 0 saturated heterocycles. The molecular formula is C21H25NO4. The third-order valence-electron chi connectivity index (χ3n) is 4.33. The summed E-state index contributed by atoms with van der Waals surface area (Å²) in [5.41, 5.74) is 2.19. The normalized spacial score (nSPS) is 16.7. The second-order valence-corrected chi connectivity index (χ2v) is 6.53. The van der Waals surface area contributed by atoms with E-state index in [4.69, 9.17) is 14.2 Å². The maximum Gasteiger partial charge on any atom is 0.261 e. The van der Waals surface area contributed by atoms with Gasteiger partial charge in [0.15, 0.2) is 17.6 Å². The van der Waals surface area contributed by atoms with Crippen molar-refractivity contribution < 1.29 is 19.0 Å². The van der Waals surface area contributed by atoms with Gasteiger partial charge in [-0.3, -0.25) is 4.79 Å². The van der Waals surface area contributed by atoms with Crippen molar-refractivity contribution in [3.63, 3.8) is 0 Å². The molecule has 2 aromatic carbocycles. The largest absolute Gasteiger partial charge is 0.486 e. The molecule has 5 nitrogen and oxygen atoms in total. The number of rotatable bonds is 6. The van der Waals surface area contributed by atoms with Gasteiger partial charge in [-0.15, -0.1) is 0 Å². The topological polar surface area (TPSA) is 56.8 Å². The van der Waals surface area contributed by atoms with E-state index >= 15 is 0 Å². The van der Waals surface area contributed by atoms with Gasteiger partial charge in [0.05, 0.1) is 6.54 Å². The summed E-state index contributed by atoms with van der Waals surface area (Å²) < 4.78 is 17.5. The highest BCUT2D eigenvalue weighted by atomic mass is 16.6. The Hall–Kier alpha value is -2.69. The molecule has 2 atom stereocenters. The predicted molar refractivity (Wildman–Crippen MR) is 100.0 cm³/mol. The van der Waals surface area contributed by atoms with Gasteiger partial charge in [0, 0.05) is 0 Å². The fraction of sp³-hybridized carbons (Fsp3) is 0.381. The molecule has 1 heterocycles. The molecule has 0 bridgehead atoms. The Balaban J connectivity index is 1.55. The minimum atomic E-state index is -0.534. The number of ether oxygens (including phenoxy) is 3. The van der Waals surface area contributed by atoms with E-state index < -0.39 is 6.10 Å². The molecule has 2 unspecified atom stereocenters. The summed E-state index contributed by atoms with van der Waals surface area (Å²) in [7, 11) is 0. The quantitative estimate of drug-likeness (QED) is 0.863. The number of carbonyl (C=O) groups is 1. The molecule has 0 aliphatic carbocycles. The van der Waals surface area contributed by atoms with E-state index in [9.17, 15) is 4.79 Å². The number of nitrogens with one attached hydrogen (secondary N) is 1. The SMILES string of the molecule is CCC(Oc1ccc(C)cc1C)C(=O)NCC1COc2ccccc2O1. The van der Waals surface area contributed by atoms with E-state index in [0.717, 1.165) is 17.1 Å². The van der Waals surface area contributed by atoms with Crippen LogP contribution in [0, 0.1) is 13.8 Å². The average Bonchev–Trinajstić information content (AvgIpc) is 2.65. The summed E-state index contributed by atoms with van der Waals surface area (Å²) in [5.74, 6) is 2.04. The Labute approximate surface area is 154 Å². The molecule has 1 N–H and O–H groups in total. The van der Waals surface area contributed by atoms with Crippen LogP contribution in [0.25, 0.3) is 0 Å². The van der Waals surface area contributed by atoms with Crippen molar-refractivity contribution in [2.45, 2.75) is 39.4 Å². The van der Waals surface area contributed by atoms with Crippen LogP contribution in [-0.2, 0) is 4.79 Å². The van der Waals surface area contributed by atoms with Gasteiger partial charge in [0.1, 0.15) is 18.5 Å². The molecule has 0 aromatic heterocycles. The van der Waals surface area contributed by atoms with Crippen molar-refractivity contribution in [3.05, 3.63) is 53.6 Å². The number of hydrogen-bond acceptors (Lipinski definition) is 4. The Morgan fingerprint density at radius 2 is 2.00 bits per heavy atom. The number of aryl methyl sites for hydroxylation is 2. The third-order valence-corrected chi connectivity index (χ3v) is 4.33. The van der Waals surface area contributed by atoms with Crippen molar-refractivity contribution in [2.24, 2.45) is 0 Å². The van der Waals surface area contributed by atoms with E-state index in [1.165, 1.54) is 5.56 Å². The van der Waals surface area contributed by atoms with Gasteiger partial charge in [-0.05, 0) is 44.0 Å². The van der Waals surface area contributed by atoms with Crippen LogP contribution in [0.1, 0.15) is 24.5 Å². The van der Waals surface area contributed by atoms with E-state index in [1.54, 1.807) is 0 Å². The van der Waals surface area contributed by atoms with Crippen LogP contribution in [0.3, 0.4) is 0 Å². The van der Waals surface area contributed by atoms with Gasteiger partial charge in [-0.25, -0.2) is 0 Å². The summed E-state index contributed by atoms with van der Waals surface area (Å²) in [6, 6.07) is 13.5. The molecular weight excluding hydrogens is 330 g/mol. The molecule has 0 fully saturated rings. The first-order chi connectivity index (χ1) is 12.6. The van der Waals surface area contributed by atoms with Crippen molar-refractivity contribution in [1.29, 1.82) is 0 Å². The van der Waals surface area contributed by atoms with Gasteiger partial charge >= 0.3 is 0 Å². The Bertz CT molecular complexity index is 774. The zero-order valence-corrected chi connectivity index (χ0v) is 15.5. The number of hydrogen-bond donors (Lipinski definition) is 1. The Morgan fingerprint density at radius 1 is 1.23 bits per heavy atom. The highest BCUT2D eigenvalue weighted by Gasteiger charge is 2.24. The third kappa shape index (κ3) is 4.28. The van der Waals surface area contributed by atoms with Gasteiger partial charge in [-0.2, -0.15) is 0 Å². The van der Waals surface area contributed by atoms with Gasteiger partial charge < -0.3 is 19.5 Å². The second-order valence-electron chi connectivity index (χ2n) is 6.53. The lowest BCUT2D eigenvalue weighted by molar-refractivity contribution is -0.128. The van der Waals surface area contributed by atoms with Crippen LogP contribution >= 0.6 is 0 Å². The monoisotopic (exact) mass is 355 g/mol. The molecule has 0 saturated carbocycles. The number of carbonyl (C=O) groups excluding carboxylic acids is 1. The molecule has 1 aliphatic heterocycles. The lowest BCUT2D eigenvalue weighted by atomic mass is 10.1. The number of fused-ring (bicyclic) bond motifs is 1. The summed E-state index contributed by atoms with van der Waals surface area (Å²) >= 11 is 0. The van der Waals surface area contributed by atoms with E-state index in [-0.39, 0.29) is 12.0 Å². The summed E-state index contributed by atoms with van der Waals surface area (Å²) in [4.78, 5) is 12.5. The zero-order chi connectivity index (χ0) is 18.5. The highest BCUT2D eigenvalue weighted by molar-refractivity contribution is 5.81. The second kappa shape index (κ2) is 8.13. The van der Waals surface area contributed by atoms with Crippen molar-refractivity contribution in [2.75, 3.05) is 13.2 Å². The predicted octanol–water partition coefficient (Wildman–Crippen LogP) is 3.42. The summed E-state index contributed by atoms with van der Waals surface area (Å²) in [5, 5.41) is 2.92.